The zero-order chi connectivity index (χ0) is 20.2. The van der Waals surface area contributed by atoms with Crippen molar-refractivity contribution in [2.45, 2.75) is 30.1 Å². The maximum Gasteiger partial charge on any atom is 0.181 e. The van der Waals surface area contributed by atoms with Crippen LogP contribution in [0.4, 0.5) is 8.78 Å². The van der Waals surface area contributed by atoms with Gasteiger partial charge in [-0.15, -0.1) is 10.2 Å². The number of hydrogen-bond acceptors (Lipinski definition) is 5. The van der Waals surface area contributed by atoms with Gasteiger partial charge in [0.15, 0.2) is 21.1 Å². The maximum atomic E-state index is 14.0. The normalized spacial score (nSPS) is 20.1. The Hall–Kier alpha value is -2.88. The summed E-state index contributed by atoms with van der Waals surface area (Å²) in [6.45, 7) is 0. The number of hydrogen-bond donors (Lipinski definition) is 1. The summed E-state index contributed by atoms with van der Waals surface area (Å²) in [5.41, 5.74) is 2.21. The highest BCUT2D eigenvalue weighted by molar-refractivity contribution is 7.91. The van der Waals surface area contributed by atoms with E-state index in [9.17, 15) is 17.2 Å². The number of fused-ring (bicyclic) bond motifs is 3. The Bertz CT molecular complexity index is 1330. The van der Waals surface area contributed by atoms with Crippen LogP contribution in [0.1, 0.15) is 31.0 Å². The molecule has 1 aliphatic carbocycles. The number of aromatic amines is 1. The predicted octanol–water partition coefficient (Wildman–Crippen LogP) is 3.24. The lowest BCUT2D eigenvalue weighted by atomic mass is 10.1. The van der Waals surface area contributed by atoms with Gasteiger partial charge >= 0.3 is 0 Å². The van der Waals surface area contributed by atoms with E-state index >= 15 is 0 Å². The molecule has 0 saturated heterocycles. The van der Waals surface area contributed by atoms with E-state index in [1.807, 2.05) is 10.5 Å². The molecule has 0 radical (unpaired) electrons. The Labute approximate surface area is 164 Å². The molecule has 1 aliphatic rings. The molecule has 1 N–H and O–H groups in total. The highest BCUT2D eigenvalue weighted by Gasteiger charge is 2.34. The number of H-pyrrole nitrogens is 1. The Kier molecular flexibility index (Phi) is 4.12. The van der Waals surface area contributed by atoms with Gasteiger partial charge in [-0.05, 0) is 49.4 Å². The molecule has 0 bridgehead atoms. The van der Waals surface area contributed by atoms with Crippen LogP contribution in [0.25, 0.3) is 16.8 Å². The average molecular weight is 417 g/mol. The minimum Gasteiger partial charge on any atom is -0.345 e. The first-order chi connectivity index (χ1) is 13.9. The van der Waals surface area contributed by atoms with E-state index in [-0.39, 0.29) is 17.6 Å². The van der Waals surface area contributed by atoms with E-state index < -0.39 is 26.4 Å². The van der Waals surface area contributed by atoms with Crippen LogP contribution in [0.2, 0.25) is 0 Å². The minimum absolute atomic E-state index is 0.0306. The lowest BCUT2D eigenvalue weighted by Crippen LogP contribution is -2.16. The minimum atomic E-state index is -3.93. The molecular formula is C19H17F2N5O2S. The summed E-state index contributed by atoms with van der Waals surface area (Å²) in [6.07, 6.45) is 5.43. The van der Waals surface area contributed by atoms with Crippen molar-refractivity contribution in [3.8, 4) is 0 Å². The van der Waals surface area contributed by atoms with Crippen LogP contribution in [0.15, 0.2) is 41.6 Å². The number of benzene rings is 1. The monoisotopic (exact) mass is 417 g/mol. The SMILES string of the molecule is O=S(=O)(C[C@H]1CC[C@@H](c2nnc3cnc4[nH]ccc4n23)C1)c1cc(F)ccc1F. The van der Waals surface area contributed by atoms with E-state index in [0.717, 1.165) is 41.6 Å². The molecule has 3 heterocycles. The first-order valence-corrected chi connectivity index (χ1v) is 10.9. The summed E-state index contributed by atoms with van der Waals surface area (Å²) in [5, 5.41) is 8.51. The van der Waals surface area contributed by atoms with E-state index in [1.54, 1.807) is 12.4 Å². The Morgan fingerprint density at radius 2 is 2.03 bits per heavy atom. The molecule has 0 spiro atoms. The maximum absolute atomic E-state index is 14.0. The summed E-state index contributed by atoms with van der Waals surface area (Å²) in [4.78, 5) is 6.78. The molecule has 7 nitrogen and oxygen atoms in total. The van der Waals surface area contributed by atoms with Crippen molar-refractivity contribution in [2.75, 3.05) is 5.75 Å². The van der Waals surface area contributed by atoms with Crippen molar-refractivity contribution in [3.63, 3.8) is 0 Å². The molecule has 2 atom stereocenters. The molecule has 0 aliphatic heterocycles. The zero-order valence-corrected chi connectivity index (χ0v) is 16.0. The largest absolute Gasteiger partial charge is 0.345 e. The van der Waals surface area contributed by atoms with Gasteiger partial charge in [-0.25, -0.2) is 22.2 Å². The average Bonchev–Trinajstić information content (AvgIpc) is 3.40. The summed E-state index contributed by atoms with van der Waals surface area (Å²) >= 11 is 0. The lowest BCUT2D eigenvalue weighted by molar-refractivity contribution is 0.532. The van der Waals surface area contributed by atoms with Gasteiger partial charge in [-0.3, -0.25) is 4.40 Å². The lowest BCUT2D eigenvalue weighted by Gasteiger charge is -2.12. The van der Waals surface area contributed by atoms with Gasteiger partial charge in [-0.1, -0.05) is 0 Å². The second kappa shape index (κ2) is 6.58. The van der Waals surface area contributed by atoms with Crippen LogP contribution < -0.4 is 0 Å². The smallest absolute Gasteiger partial charge is 0.181 e. The van der Waals surface area contributed by atoms with Gasteiger partial charge in [0, 0.05) is 12.1 Å². The van der Waals surface area contributed by atoms with Crippen molar-refractivity contribution in [2.24, 2.45) is 5.92 Å². The number of aromatic nitrogens is 5. The highest BCUT2D eigenvalue weighted by atomic mass is 32.2. The van der Waals surface area contributed by atoms with Crippen LogP contribution in [-0.2, 0) is 9.84 Å². The van der Waals surface area contributed by atoms with Crippen LogP contribution in [0.5, 0.6) is 0 Å². The Balaban J connectivity index is 1.41. The number of nitrogens with zero attached hydrogens (tertiary/aromatic N) is 4. The third-order valence-corrected chi connectivity index (χ3v) is 7.45. The second-order valence-corrected chi connectivity index (χ2v) is 9.46. The van der Waals surface area contributed by atoms with Gasteiger partial charge in [0.2, 0.25) is 0 Å². The summed E-state index contributed by atoms with van der Waals surface area (Å²) in [5.74, 6) is -1.28. The predicted molar refractivity (Wildman–Crippen MR) is 101 cm³/mol. The molecule has 29 heavy (non-hydrogen) atoms. The van der Waals surface area contributed by atoms with Crippen LogP contribution in [0.3, 0.4) is 0 Å². The Morgan fingerprint density at radius 1 is 1.17 bits per heavy atom. The molecule has 1 fully saturated rings. The quantitative estimate of drug-likeness (QED) is 0.550. The van der Waals surface area contributed by atoms with Crippen molar-refractivity contribution in [3.05, 3.63) is 54.1 Å². The van der Waals surface area contributed by atoms with Crippen LogP contribution in [-0.4, -0.2) is 38.7 Å². The van der Waals surface area contributed by atoms with E-state index in [0.29, 0.717) is 18.5 Å². The fourth-order valence-corrected chi connectivity index (χ4v) is 6.00. The summed E-state index contributed by atoms with van der Waals surface area (Å²) < 4.78 is 54.6. The number of halogens is 2. The van der Waals surface area contributed by atoms with Crippen molar-refractivity contribution < 1.29 is 17.2 Å². The molecule has 10 heteroatoms. The standard InChI is InChI=1S/C19H17F2N5O2S/c20-13-3-4-14(21)16(8-13)29(27,28)10-11-1-2-12(7-11)19-25-24-17-9-23-18-15(26(17)19)5-6-22-18/h3-6,8-9,11-12,22H,1-2,7,10H2/t11-,12+/m0/s1. The van der Waals surface area contributed by atoms with Crippen molar-refractivity contribution in [1.29, 1.82) is 0 Å². The molecule has 0 unspecified atom stereocenters. The van der Waals surface area contributed by atoms with E-state index in [2.05, 4.69) is 20.2 Å². The number of nitrogens with one attached hydrogen (secondary N) is 1. The fraction of sp³-hybridized carbons (Fsp3) is 0.316. The highest BCUT2D eigenvalue weighted by Crippen LogP contribution is 2.39. The zero-order valence-electron chi connectivity index (χ0n) is 15.2. The molecule has 3 aromatic heterocycles. The second-order valence-electron chi connectivity index (χ2n) is 7.45. The van der Waals surface area contributed by atoms with E-state index in [4.69, 9.17) is 0 Å². The molecule has 150 valence electrons. The van der Waals surface area contributed by atoms with Gasteiger partial charge in [0.1, 0.15) is 22.4 Å². The molecule has 1 saturated carbocycles. The van der Waals surface area contributed by atoms with Gasteiger partial charge in [0.05, 0.1) is 17.5 Å². The fourth-order valence-electron chi connectivity index (χ4n) is 4.24. The van der Waals surface area contributed by atoms with Crippen LogP contribution in [0, 0.1) is 17.6 Å². The third-order valence-electron chi connectivity index (χ3n) is 5.56. The summed E-state index contributed by atoms with van der Waals surface area (Å²) in [6, 6.07) is 4.40. The van der Waals surface area contributed by atoms with Gasteiger partial charge in [-0.2, -0.15) is 0 Å². The van der Waals surface area contributed by atoms with Crippen LogP contribution >= 0.6 is 0 Å². The molecular weight excluding hydrogens is 400 g/mol. The Morgan fingerprint density at radius 3 is 2.90 bits per heavy atom. The van der Waals surface area contributed by atoms with Crippen molar-refractivity contribution in [1.82, 2.24) is 24.6 Å². The topological polar surface area (TPSA) is 93.0 Å². The number of sulfone groups is 1. The van der Waals surface area contributed by atoms with Crippen molar-refractivity contribution >= 4 is 26.6 Å². The van der Waals surface area contributed by atoms with E-state index in [1.165, 1.54) is 0 Å². The third kappa shape index (κ3) is 3.07. The first-order valence-electron chi connectivity index (χ1n) is 9.27. The molecule has 1 aromatic carbocycles. The first kappa shape index (κ1) is 18.2. The van der Waals surface area contributed by atoms with Gasteiger partial charge < -0.3 is 4.98 Å². The molecule has 4 aromatic rings. The molecule has 5 rings (SSSR count). The summed E-state index contributed by atoms with van der Waals surface area (Å²) in [7, 11) is -3.93. The number of rotatable bonds is 4. The molecule has 0 amide bonds. The van der Waals surface area contributed by atoms with Gasteiger partial charge in [0.25, 0.3) is 0 Å².